The van der Waals surface area contributed by atoms with Gasteiger partial charge in [0.15, 0.2) is 5.82 Å². The summed E-state index contributed by atoms with van der Waals surface area (Å²) in [6.45, 7) is 3.17. The van der Waals surface area contributed by atoms with Gasteiger partial charge < -0.3 is 11.1 Å². The lowest BCUT2D eigenvalue weighted by atomic mass is 10.1. The molecule has 0 aromatic carbocycles. The molecule has 0 fully saturated rings. The smallest absolute Gasteiger partial charge is 0.383 e. The van der Waals surface area contributed by atoms with E-state index >= 15 is 0 Å². The molecule has 0 aliphatic heterocycles. The number of carbonyl (C=O) groups excluding carboxylic acids is 1. The largest absolute Gasteiger partial charge is 0.419 e. The summed E-state index contributed by atoms with van der Waals surface area (Å²) in [6.07, 6.45) is 1.84. The molecular formula is C18H16F3N5O. The van der Waals surface area contributed by atoms with Crippen molar-refractivity contribution in [3.8, 4) is 11.1 Å². The van der Waals surface area contributed by atoms with E-state index in [1.807, 2.05) is 0 Å². The lowest BCUT2D eigenvalue weighted by molar-refractivity contribution is -0.137. The van der Waals surface area contributed by atoms with Crippen molar-refractivity contribution in [2.75, 3.05) is 11.1 Å². The first-order chi connectivity index (χ1) is 12.7. The van der Waals surface area contributed by atoms with Gasteiger partial charge in [-0.25, -0.2) is 9.97 Å². The maximum atomic E-state index is 13.1. The number of allylic oxidation sites excluding steroid dienone is 1. The van der Waals surface area contributed by atoms with Crippen LogP contribution in [0.2, 0.25) is 0 Å². The Kier molecular flexibility index (Phi) is 4.61. The van der Waals surface area contributed by atoms with Crippen molar-refractivity contribution in [2.24, 2.45) is 0 Å². The summed E-state index contributed by atoms with van der Waals surface area (Å²) in [5.74, 6) is -0.483. The molecule has 3 aromatic rings. The highest BCUT2D eigenvalue weighted by atomic mass is 19.4. The molecule has 0 spiro atoms. The Morgan fingerprint density at radius 3 is 2.67 bits per heavy atom. The molecule has 1 amide bonds. The number of hydrogen-bond donors (Lipinski definition) is 2. The van der Waals surface area contributed by atoms with Crippen LogP contribution in [-0.2, 0) is 11.0 Å². The summed E-state index contributed by atoms with van der Waals surface area (Å²) in [5, 5.41) is 2.64. The minimum Gasteiger partial charge on any atom is -0.383 e. The second-order valence-electron chi connectivity index (χ2n) is 5.83. The Hall–Kier alpha value is -3.36. The zero-order valence-electron chi connectivity index (χ0n) is 14.5. The van der Waals surface area contributed by atoms with Gasteiger partial charge in [-0.05, 0) is 31.2 Å². The SMILES string of the molecule is C/C=C/c1c(NC(C)=O)nc2ccc(-c3cnc(N)c(C(F)(F)F)c3)cn12. The number of nitrogens with two attached hydrogens (primary N) is 1. The molecular weight excluding hydrogens is 359 g/mol. The number of pyridine rings is 2. The monoisotopic (exact) mass is 375 g/mol. The molecule has 0 unspecified atom stereocenters. The number of rotatable bonds is 3. The van der Waals surface area contributed by atoms with Crippen LogP contribution >= 0.6 is 0 Å². The molecule has 27 heavy (non-hydrogen) atoms. The standard InChI is InChI=1S/C18H16F3N5O/c1-3-4-14-17(24-10(2)27)25-15-6-5-11(9-26(14)15)12-7-13(18(19,20)21)16(22)23-8-12/h3-9H,1-2H3,(H2,22,23)(H,24,27)/b4-3+. The van der Waals surface area contributed by atoms with E-state index < -0.39 is 17.6 Å². The third-order valence-electron chi connectivity index (χ3n) is 3.83. The molecule has 0 atom stereocenters. The summed E-state index contributed by atoms with van der Waals surface area (Å²) >= 11 is 0. The lowest BCUT2D eigenvalue weighted by Gasteiger charge is -2.11. The van der Waals surface area contributed by atoms with Gasteiger partial charge in [0, 0.05) is 30.4 Å². The molecule has 0 aliphatic carbocycles. The number of nitrogens with one attached hydrogen (secondary N) is 1. The van der Waals surface area contributed by atoms with Crippen LogP contribution < -0.4 is 11.1 Å². The lowest BCUT2D eigenvalue weighted by Crippen LogP contribution is -2.10. The molecule has 0 saturated heterocycles. The van der Waals surface area contributed by atoms with Gasteiger partial charge in [0.25, 0.3) is 0 Å². The van der Waals surface area contributed by atoms with Gasteiger partial charge in [0.1, 0.15) is 11.5 Å². The minimum absolute atomic E-state index is 0.264. The zero-order valence-corrected chi connectivity index (χ0v) is 14.5. The summed E-state index contributed by atoms with van der Waals surface area (Å²) in [6, 6.07) is 4.24. The maximum absolute atomic E-state index is 13.1. The fourth-order valence-corrected chi connectivity index (χ4v) is 2.67. The molecule has 0 radical (unpaired) electrons. The first-order valence-electron chi connectivity index (χ1n) is 7.96. The van der Waals surface area contributed by atoms with Gasteiger partial charge in [-0.3, -0.25) is 9.20 Å². The fraction of sp³-hybridized carbons (Fsp3) is 0.167. The van der Waals surface area contributed by atoms with Gasteiger partial charge in [0.05, 0.1) is 11.3 Å². The van der Waals surface area contributed by atoms with Crippen molar-refractivity contribution in [1.29, 1.82) is 0 Å². The zero-order chi connectivity index (χ0) is 19.8. The molecule has 3 heterocycles. The van der Waals surface area contributed by atoms with E-state index in [0.717, 1.165) is 6.07 Å². The van der Waals surface area contributed by atoms with Crippen LogP contribution in [0.3, 0.4) is 0 Å². The molecule has 0 saturated carbocycles. The van der Waals surface area contributed by atoms with Crippen LogP contribution in [0.1, 0.15) is 25.1 Å². The normalized spacial score (nSPS) is 12.0. The van der Waals surface area contributed by atoms with E-state index in [2.05, 4.69) is 15.3 Å². The second-order valence-corrected chi connectivity index (χ2v) is 5.83. The van der Waals surface area contributed by atoms with E-state index in [9.17, 15) is 18.0 Å². The summed E-state index contributed by atoms with van der Waals surface area (Å²) in [7, 11) is 0. The predicted octanol–water partition coefficient (Wildman–Crippen LogP) is 3.99. The number of amides is 1. The number of imidazole rings is 1. The van der Waals surface area contributed by atoms with Crippen LogP contribution in [-0.4, -0.2) is 20.3 Å². The van der Waals surface area contributed by atoms with Crippen molar-refractivity contribution in [2.45, 2.75) is 20.0 Å². The Balaban J connectivity index is 2.17. The molecule has 3 aromatic heterocycles. The van der Waals surface area contributed by atoms with Crippen molar-refractivity contribution < 1.29 is 18.0 Å². The molecule has 0 aliphatic rings. The number of nitrogens with zero attached hydrogens (tertiary/aromatic N) is 3. The minimum atomic E-state index is -4.60. The summed E-state index contributed by atoms with van der Waals surface area (Å²) in [4.78, 5) is 19.4. The molecule has 0 bridgehead atoms. The van der Waals surface area contributed by atoms with Gasteiger partial charge in [0.2, 0.25) is 5.91 Å². The Morgan fingerprint density at radius 2 is 2.04 bits per heavy atom. The van der Waals surface area contributed by atoms with Crippen LogP contribution in [0, 0.1) is 0 Å². The van der Waals surface area contributed by atoms with E-state index in [1.54, 1.807) is 41.8 Å². The summed E-state index contributed by atoms with van der Waals surface area (Å²) in [5.41, 5.74) is 6.27. The number of fused-ring (bicyclic) bond motifs is 1. The molecule has 3 N–H and O–H groups in total. The number of carbonyl (C=O) groups is 1. The Labute approximate surface area is 152 Å². The van der Waals surface area contributed by atoms with E-state index in [4.69, 9.17) is 5.73 Å². The highest BCUT2D eigenvalue weighted by Gasteiger charge is 2.34. The third-order valence-corrected chi connectivity index (χ3v) is 3.83. The maximum Gasteiger partial charge on any atom is 0.419 e. The van der Waals surface area contributed by atoms with Crippen molar-refractivity contribution >= 4 is 29.3 Å². The van der Waals surface area contributed by atoms with E-state index in [1.165, 1.54) is 13.1 Å². The Bertz CT molecular complexity index is 1050. The average molecular weight is 375 g/mol. The Morgan fingerprint density at radius 1 is 1.30 bits per heavy atom. The van der Waals surface area contributed by atoms with Crippen LogP contribution in [0.15, 0.2) is 36.7 Å². The number of hydrogen-bond acceptors (Lipinski definition) is 4. The topological polar surface area (TPSA) is 85.3 Å². The quantitative estimate of drug-likeness (QED) is 0.725. The van der Waals surface area contributed by atoms with E-state index in [-0.39, 0.29) is 11.5 Å². The highest BCUT2D eigenvalue weighted by molar-refractivity contribution is 5.90. The number of nitrogen functional groups attached to an aromatic ring is 1. The summed E-state index contributed by atoms with van der Waals surface area (Å²) < 4.78 is 41.0. The number of halogens is 3. The van der Waals surface area contributed by atoms with Crippen LogP contribution in [0.25, 0.3) is 22.9 Å². The third kappa shape index (κ3) is 3.62. The number of anilines is 2. The molecule has 6 nitrogen and oxygen atoms in total. The van der Waals surface area contributed by atoms with Crippen molar-refractivity contribution in [3.63, 3.8) is 0 Å². The van der Waals surface area contributed by atoms with Gasteiger partial charge in [-0.2, -0.15) is 13.2 Å². The van der Waals surface area contributed by atoms with Crippen molar-refractivity contribution in [3.05, 3.63) is 47.9 Å². The predicted molar refractivity (Wildman–Crippen MR) is 96.8 cm³/mol. The van der Waals surface area contributed by atoms with Crippen LogP contribution in [0.5, 0.6) is 0 Å². The van der Waals surface area contributed by atoms with E-state index in [0.29, 0.717) is 22.7 Å². The second kappa shape index (κ2) is 6.75. The average Bonchev–Trinajstić information content (AvgIpc) is 2.91. The number of aromatic nitrogens is 3. The first kappa shape index (κ1) is 18.4. The fourth-order valence-electron chi connectivity index (χ4n) is 2.67. The van der Waals surface area contributed by atoms with Crippen molar-refractivity contribution in [1.82, 2.24) is 14.4 Å². The van der Waals surface area contributed by atoms with Crippen LogP contribution in [0.4, 0.5) is 24.8 Å². The van der Waals surface area contributed by atoms with Gasteiger partial charge in [-0.1, -0.05) is 6.08 Å². The molecule has 3 rings (SSSR count). The van der Waals surface area contributed by atoms with Gasteiger partial charge >= 0.3 is 6.18 Å². The van der Waals surface area contributed by atoms with Gasteiger partial charge in [-0.15, -0.1) is 0 Å². The molecule has 9 heteroatoms. The number of alkyl halides is 3. The first-order valence-corrected chi connectivity index (χ1v) is 7.96. The molecule has 140 valence electrons. The highest BCUT2D eigenvalue weighted by Crippen LogP contribution is 2.35.